The largest absolute Gasteiger partial charge is 0.423 e. The van der Waals surface area contributed by atoms with Gasteiger partial charge in [-0.3, -0.25) is 0 Å². The number of carbonyl (C=O) groups excluding carboxylic acids is 1. The van der Waals surface area contributed by atoms with Gasteiger partial charge in [-0.15, -0.1) is 6.58 Å². The molecule has 3 aromatic rings. The van der Waals surface area contributed by atoms with Crippen molar-refractivity contribution in [1.29, 1.82) is 0 Å². The highest BCUT2D eigenvalue weighted by molar-refractivity contribution is 5.92. The Hall–Kier alpha value is -3.15. The Morgan fingerprint density at radius 1 is 0.939 bits per heavy atom. The summed E-state index contributed by atoms with van der Waals surface area (Å²) in [5, 5.41) is -0.125. The molecule has 0 atom stereocenters. The standard InChI is InChI=1S/C27H24F4O2/c1-2-3-4-16-5-7-17(8-6-16)18-9-11-22(23(28)14-18)27(32)33-20-10-12-21-19(13-20)15-24(29)26(31)25(21)30/h2,9-17H,1,3-8H2. The van der Waals surface area contributed by atoms with Crippen LogP contribution >= 0.6 is 0 Å². The average Bonchev–Trinajstić information content (AvgIpc) is 2.81. The second kappa shape index (κ2) is 9.77. The molecule has 0 heterocycles. The number of carbonyl (C=O) groups is 1. The Balaban J connectivity index is 1.46. The average molecular weight is 456 g/mol. The maximum atomic E-state index is 14.8. The van der Waals surface area contributed by atoms with Gasteiger partial charge in [0.25, 0.3) is 0 Å². The molecule has 0 amide bonds. The van der Waals surface area contributed by atoms with Crippen molar-refractivity contribution in [2.45, 2.75) is 44.4 Å². The molecule has 4 rings (SSSR count). The van der Waals surface area contributed by atoms with E-state index < -0.39 is 29.2 Å². The maximum absolute atomic E-state index is 14.8. The number of ether oxygens (including phenoxy) is 1. The zero-order chi connectivity index (χ0) is 23.5. The monoisotopic (exact) mass is 456 g/mol. The van der Waals surface area contributed by atoms with Crippen LogP contribution < -0.4 is 4.74 Å². The van der Waals surface area contributed by atoms with Crippen molar-refractivity contribution in [3.05, 3.63) is 89.5 Å². The summed E-state index contributed by atoms with van der Waals surface area (Å²) in [4.78, 5) is 12.5. The summed E-state index contributed by atoms with van der Waals surface area (Å²) in [5.41, 5.74) is 0.639. The predicted molar refractivity (Wildman–Crippen MR) is 119 cm³/mol. The third-order valence-corrected chi connectivity index (χ3v) is 6.46. The summed E-state index contributed by atoms with van der Waals surface area (Å²) in [5.74, 6) is -4.92. The van der Waals surface area contributed by atoms with E-state index in [0.717, 1.165) is 50.2 Å². The van der Waals surface area contributed by atoms with Gasteiger partial charge in [0.2, 0.25) is 0 Å². The molecule has 0 bridgehead atoms. The highest BCUT2D eigenvalue weighted by Crippen LogP contribution is 2.38. The second-order valence-corrected chi connectivity index (χ2v) is 8.58. The molecule has 0 radical (unpaired) electrons. The van der Waals surface area contributed by atoms with Gasteiger partial charge in [-0.25, -0.2) is 22.4 Å². The first-order valence-corrected chi connectivity index (χ1v) is 11.1. The number of allylic oxidation sites excluding steroid dienone is 1. The van der Waals surface area contributed by atoms with Gasteiger partial charge in [-0.2, -0.15) is 0 Å². The van der Waals surface area contributed by atoms with Crippen molar-refractivity contribution in [1.82, 2.24) is 0 Å². The van der Waals surface area contributed by atoms with E-state index in [1.54, 1.807) is 6.07 Å². The fourth-order valence-electron chi connectivity index (χ4n) is 4.60. The van der Waals surface area contributed by atoms with Gasteiger partial charge in [0.1, 0.15) is 11.6 Å². The van der Waals surface area contributed by atoms with Crippen molar-refractivity contribution in [2.75, 3.05) is 0 Å². The van der Waals surface area contributed by atoms with Crippen LogP contribution in [0.1, 0.15) is 60.4 Å². The van der Waals surface area contributed by atoms with Crippen LogP contribution in [0.2, 0.25) is 0 Å². The van der Waals surface area contributed by atoms with E-state index in [9.17, 15) is 22.4 Å². The van der Waals surface area contributed by atoms with E-state index in [-0.39, 0.29) is 28.0 Å². The third kappa shape index (κ3) is 4.95. The molecule has 3 aromatic carbocycles. The first-order valence-electron chi connectivity index (χ1n) is 11.1. The van der Waals surface area contributed by atoms with E-state index >= 15 is 0 Å². The van der Waals surface area contributed by atoms with Crippen LogP contribution in [0, 0.1) is 29.2 Å². The lowest BCUT2D eigenvalue weighted by Crippen LogP contribution is -2.15. The normalized spacial score (nSPS) is 18.3. The molecule has 33 heavy (non-hydrogen) atoms. The Labute approximate surface area is 189 Å². The Morgan fingerprint density at radius 2 is 1.70 bits per heavy atom. The summed E-state index contributed by atoms with van der Waals surface area (Å²) >= 11 is 0. The number of esters is 1. The first kappa shape index (κ1) is 23.0. The van der Waals surface area contributed by atoms with Gasteiger partial charge >= 0.3 is 5.97 Å². The second-order valence-electron chi connectivity index (χ2n) is 8.58. The Morgan fingerprint density at radius 3 is 2.39 bits per heavy atom. The van der Waals surface area contributed by atoms with Crippen LogP contribution in [0.3, 0.4) is 0 Å². The van der Waals surface area contributed by atoms with Gasteiger partial charge in [0, 0.05) is 5.39 Å². The molecule has 0 saturated heterocycles. The predicted octanol–water partition coefficient (Wildman–Crippen LogP) is 7.86. The SMILES string of the molecule is C=CCCC1CCC(c2ccc(C(=O)Oc3ccc4c(F)c(F)c(F)cc4c3)c(F)c2)CC1. The molecule has 0 unspecified atom stereocenters. The number of hydrogen-bond acceptors (Lipinski definition) is 2. The molecule has 1 fully saturated rings. The topological polar surface area (TPSA) is 26.3 Å². The van der Waals surface area contributed by atoms with Crippen LogP contribution in [-0.4, -0.2) is 5.97 Å². The van der Waals surface area contributed by atoms with Crippen molar-refractivity contribution in [3.63, 3.8) is 0 Å². The van der Waals surface area contributed by atoms with Gasteiger partial charge in [0.15, 0.2) is 17.5 Å². The van der Waals surface area contributed by atoms with Gasteiger partial charge in [-0.1, -0.05) is 12.1 Å². The van der Waals surface area contributed by atoms with E-state index in [1.807, 2.05) is 6.08 Å². The molecule has 1 aliphatic carbocycles. The Bertz CT molecular complexity index is 1200. The van der Waals surface area contributed by atoms with Crippen molar-refractivity contribution in [3.8, 4) is 5.75 Å². The van der Waals surface area contributed by atoms with Gasteiger partial charge in [-0.05, 0) is 97.7 Å². The lowest BCUT2D eigenvalue weighted by atomic mass is 9.77. The van der Waals surface area contributed by atoms with Crippen molar-refractivity contribution < 1.29 is 27.1 Å². The summed E-state index contributed by atoms with van der Waals surface area (Å²) < 4.78 is 60.7. The summed E-state index contributed by atoms with van der Waals surface area (Å²) in [6.07, 6.45) is 8.24. The first-order chi connectivity index (χ1) is 15.9. The minimum Gasteiger partial charge on any atom is -0.423 e. The minimum absolute atomic E-state index is 0.0243. The minimum atomic E-state index is -1.57. The van der Waals surface area contributed by atoms with Crippen LogP contribution in [0.5, 0.6) is 5.75 Å². The van der Waals surface area contributed by atoms with Crippen LogP contribution in [-0.2, 0) is 0 Å². The smallest absolute Gasteiger partial charge is 0.346 e. The molecular formula is C27H24F4O2. The summed E-state index contributed by atoms with van der Waals surface area (Å²) in [6.45, 7) is 3.77. The molecule has 6 heteroatoms. The molecule has 0 N–H and O–H groups in total. The van der Waals surface area contributed by atoms with Crippen LogP contribution in [0.4, 0.5) is 17.6 Å². The van der Waals surface area contributed by atoms with Crippen molar-refractivity contribution in [2.24, 2.45) is 5.92 Å². The molecular weight excluding hydrogens is 432 g/mol. The molecule has 0 aliphatic heterocycles. The Kier molecular flexibility index (Phi) is 6.82. The van der Waals surface area contributed by atoms with Crippen LogP contribution in [0.15, 0.2) is 55.1 Å². The lowest BCUT2D eigenvalue weighted by Gasteiger charge is -2.28. The van der Waals surface area contributed by atoms with E-state index in [1.165, 1.54) is 30.3 Å². The zero-order valence-electron chi connectivity index (χ0n) is 18.1. The van der Waals surface area contributed by atoms with E-state index in [2.05, 4.69) is 6.58 Å². The number of hydrogen-bond donors (Lipinski definition) is 0. The van der Waals surface area contributed by atoms with Gasteiger partial charge < -0.3 is 4.74 Å². The fraction of sp³-hybridized carbons (Fsp3) is 0.296. The lowest BCUT2D eigenvalue weighted by molar-refractivity contribution is 0.0730. The molecule has 2 nitrogen and oxygen atoms in total. The highest BCUT2D eigenvalue weighted by Gasteiger charge is 2.24. The van der Waals surface area contributed by atoms with E-state index in [0.29, 0.717) is 5.92 Å². The molecule has 172 valence electrons. The third-order valence-electron chi connectivity index (χ3n) is 6.46. The molecule has 1 saturated carbocycles. The number of halogens is 4. The fourth-order valence-corrected chi connectivity index (χ4v) is 4.60. The van der Waals surface area contributed by atoms with Crippen LogP contribution in [0.25, 0.3) is 10.8 Å². The maximum Gasteiger partial charge on any atom is 0.346 e. The van der Waals surface area contributed by atoms with Gasteiger partial charge in [0.05, 0.1) is 5.56 Å². The molecule has 0 aromatic heterocycles. The summed E-state index contributed by atoms with van der Waals surface area (Å²) in [7, 11) is 0. The number of rotatable bonds is 6. The quantitative estimate of drug-likeness (QED) is 0.124. The number of fused-ring (bicyclic) bond motifs is 1. The molecule has 0 spiro atoms. The number of benzene rings is 3. The zero-order valence-corrected chi connectivity index (χ0v) is 18.1. The summed E-state index contributed by atoms with van der Waals surface area (Å²) in [6, 6.07) is 9.00. The van der Waals surface area contributed by atoms with E-state index in [4.69, 9.17) is 4.74 Å². The van der Waals surface area contributed by atoms with Crippen molar-refractivity contribution >= 4 is 16.7 Å². The highest BCUT2D eigenvalue weighted by atomic mass is 19.2. The molecule has 1 aliphatic rings.